The van der Waals surface area contributed by atoms with Gasteiger partial charge in [-0.3, -0.25) is 4.68 Å². The Balaban J connectivity index is 1.50. The summed E-state index contributed by atoms with van der Waals surface area (Å²) >= 11 is 0. The molecule has 3 heterocycles. The van der Waals surface area contributed by atoms with Crippen LogP contribution in [-0.2, 0) is 13.0 Å². The Morgan fingerprint density at radius 3 is 2.83 bits per heavy atom. The van der Waals surface area contributed by atoms with E-state index in [0.29, 0.717) is 18.1 Å². The van der Waals surface area contributed by atoms with E-state index in [9.17, 15) is 5.26 Å². The zero-order valence-corrected chi connectivity index (χ0v) is 16.6. The van der Waals surface area contributed by atoms with E-state index in [4.69, 9.17) is 7.85 Å². The van der Waals surface area contributed by atoms with Gasteiger partial charge in [-0.25, -0.2) is 0 Å². The monoisotopic (exact) mass is 384 g/mol. The summed E-state index contributed by atoms with van der Waals surface area (Å²) in [5.74, 6) is 1.40. The maximum absolute atomic E-state index is 9.92. The Morgan fingerprint density at radius 1 is 1.21 bits per heavy atom. The van der Waals surface area contributed by atoms with Gasteiger partial charge in [-0.05, 0) is 42.7 Å². The van der Waals surface area contributed by atoms with Crippen molar-refractivity contribution in [2.45, 2.75) is 51.1 Å². The molecule has 146 valence electrons. The lowest BCUT2D eigenvalue weighted by Gasteiger charge is -2.44. The van der Waals surface area contributed by atoms with Crippen LogP contribution in [0.5, 0.6) is 0 Å². The minimum atomic E-state index is 0.127. The summed E-state index contributed by atoms with van der Waals surface area (Å²) in [5.41, 5.74) is 4.06. The third-order valence-electron chi connectivity index (χ3n) is 6.86. The average Bonchev–Trinajstić information content (AvgIpc) is 3.34. The van der Waals surface area contributed by atoms with Gasteiger partial charge in [-0.2, -0.15) is 5.26 Å². The molecule has 3 atom stereocenters. The average molecular weight is 384 g/mol. The number of aromatic nitrogens is 4. The summed E-state index contributed by atoms with van der Waals surface area (Å²) in [7, 11) is 5.72. The molecule has 2 fully saturated rings. The lowest BCUT2D eigenvalue weighted by molar-refractivity contribution is 0.0746. The molecule has 0 amide bonds. The molecule has 2 aliphatic rings. The number of nitrogens with one attached hydrogen (secondary N) is 1. The highest BCUT2D eigenvalue weighted by Crippen LogP contribution is 2.44. The molecule has 1 aliphatic heterocycles. The van der Waals surface area contributed by atoms with Crippen LogP contribution in [0.3, 0.4) is 0 Å². The minimum absolute atomic E-state index is 0.127. The fourth-order valence-electron chi connectivity index (χ4n) is 5.44. The Labute approximate surface area is 172 Å². The Morgan fingerprint density at radius 2 is 2.03 bits per heavy atom. The molecule has 0 bridgehead atoms. The number of H-pyrrole nitrogens is 1. The zero-order chi connectivity index (χ0) is 19.8. The molecule has 7 heteroatoms. The number of benzene rings is 1. The smallest absolute Gasteiger partial charge is 0.179 e. The van der Waals surface area contributed by atoms with E-state index in [0.717, 1.165) is 30.8 Å². The van der Waals surface area contributed by atoms with Gasteiger partial charge in [0.2, 0.25) is 0 Å². The maximum Gasteiger partial charge on any atom is 0.179 e. The van der Waals surface area contributed by atoms with Crippen molar-refractivity contribution in [3.8, 4) is 6.19 Å². The third-order valence-corrected chi connectivity index (χ3v) is 6.86. The Bertz CT molecular complexity index is 1050. The van der Waals surface area contributed by atoms with Crippen LogP contribution in [0.1, 0.15) is 49.4 Å². The first kappa shape index (κ1) is 18.3. The number of nitriles is 1. The van der Waals surface area contributed by atoms with Crippen molar-refractivity contribution in [2.75, 3.05) is 6.54 Å². The second-order valence-electron chi connectivity index (χ2n) is 8.53. The Hall–Kier alpha value is -2.75. The summed E-state index contributed by atoms with van der Waals surface area (Å²) in [4.78, 5) is 5.69. The largest absolute Gasteiger partial charge is 0.356 e. The third kappa shape index (κ3) is 3.41. The van der Waals surface area contributed by atoms with Crippen LogP contribution < -0.4 is 5.59 Å². The van der Waals surface area contributed by atoms with Crippen LogP contribution in [0.4, 0.5) is 0 Å². The number of fused-ring (bicyclic) bond motifs is 2. The Kier molecular flexibility index (Phi) is 4.79. The van der Waals surface area contributed by atoms with Crippen LogP contribution in [0.15, 0.2) is 30.5 Å². The van der Waals surface area contributed by atoms with Gasteiger partial charge in [0, 0.05) is 41.5 Å². The van der Waals surface area contributed by atoms with E-state index in [2.05, 4.69) is 45.8 Å². The molecular weight excluding hydrogens is 359 g/mol. The van der Waals surface area contributed by atoms with Gasteiger partial charge in [-0.15, -0.1) is 5.10 Å². The van der Waals surface area contributed by atoms with Crippen molar-refractivity contribution in [3.63, 3.8) is 0 Å². The highest BCUT2D eigenvalue weighted by atomic mass is 15.4. The van der Waals surface area contributed by atoms with Crippen LogP contribution >= 0.6 is 0 Å². The molecule has 5 rings (SSSR count). The second-order valence-corrected chi connectivity index (χ2v) is 8.53. The number of hydrogen-bond donors (Lipinski definition) is 1. The molecule has 3 aromatic rings. The highest BCUT2D eigenvalue weighted by molar-refractivity contribution is 6.30. The molecule has 6 nitrogen and oxygen atoms in total. The van der Waals surface area contributed by atoms with E-state index in [1.165, 1.54) is 42.3 Å². The lowest BCUT2D eigenvalue weighted by atomic mass is 9.72. The SMILES string of the molecule is [B]c1cn(CCc2c(C3CC4CCCCC4CN3C#N)[nH]c3ccccc23)nn1. The molecule has 1 saturated heterocycles. The number of aryl methyl sites for hydroxylation is 2. The van der Waals surface area contributed by atoms with Crippen molar-refractivity contribution in [1.82, 2.24) is 24.9 Å². The molecule has 29 heavy (non-hydrogen) atoms. The molecule has 1 aromatic carbocycles. The topological polar surface area (TPSA) is 73.5 Å². The predicted octanol–water partition coefficient (Wildman–Crippen LogP) is 2.83. The number of aromatic amines is 1. The van der Waals surface area contributed by atoms with E-state index in [1.54, 1.807) is 10.9 Å². The van der Waals surface area contributed by atoms with Gasteiger partial charge in [0.05, 0.1) is 6.04 Å². The number of para-hydroxylation sites is 1. The van der Waals surface area contributed by atoms with Gasteiger partial charge < -0.3 is 9.88 Å². The summed E-state index contributed by atoms with van der Waals surface area (Å²) in [6.07, 6.45) is 11.4. The lowest BCUT2D eigenvalue weighted by Crippen LogP contribution is -2.41. The van der Waals surface area contributed by atoms with E-state index in [-0.39, 0.29) is 6.04 Å². The first-order valence-electron chi connectivity index (χ1n) is 10.6. The van der Waals surface area contributed by atoms with Crippen LogP contribution in [0.25, 0.3) is 10.9 Å². The molecule has 0 spiro atoms. The number of hydrogen-bond acceptors (Lipinski definition) is 4. The van der Waals surface area contributed by atoms with Crippen molar-refractivity contribution >= 4 is 24.3 Å². The highest BCUT2D eigenvalue weighted by Gasteiger charge is 2.38. The fraction of sp³-hybridized carbons (Fsp3) is 0.500. The fourth-order valence-corrected chi connectivity index (χ4v) is 5.44. The van der Waals surface area contributed by atoms with Crippen molar-refractivity contribution in [2.24, 2.45) is 11.8 Å². The molecule has 2 aromatic heterocycles. The number of rotatable bonds is 4. The first-order chi connectivity index (χ1) is 14.2. The van der Waals surface area contributed by atoms with Crippen LogP contribution in [0, 0.1) is 23.3 Å². The molecule has 1 N–H and O–H groups in total. The standard InChI is InChI=1S/C22H25BN6/c23-21-13-29(27-26-21)10-9-18-17-7-3-4-8-19(17)25-22(18)20-11-15-5-1-2-6-16(15)12-28(20)14-24/h3-4,7-8,13,15-16,20,25H,1-2,5-6,9-12H2. The quantitative estimate of drug-likeness (QED) is 0.555. The second kappa shape index (κ2) is 7.59. The van der Waals surface area contributed by atoms with Crippen molar-refractivity contribution < 1.29 is 0 Å². The zero-order valence-electron chi connectivity index (χ0n) is 16.6. The summed E-state index contributed by atoms with van der Waals surface area (Å²) < 4.78 is 1.79. The maximum atomic E-state index is 9.92. The van der Waals surface area contributed by atoms with Gasteiger partial charge in [0.1, 0.15) is 7.85 Å². The summed E-state index contributed by atoms with van der Waals surface area (Å²) in [6, 6.07) is 8.56. The van der Waals surface area contributed by atoms with Crippen LogP contribution in [0.2, 0.25) is 0 Å². The number of nitrogens with zero attached hydrogens (tertiary/aromatic N) is 5. The first-order valence-corrected chi connectivity index (χ1v) is 10.6. The van der Waals surface area contributed by atoms with Crippen LogP contribution in [-0.4, -0.2) is 39.3 Å². The van der Waals surface area contributed by atoms with Gasteiger partial charge in [0.15, 0.2) is 6.19 Å². The molecule has 1 aliphatic carbocycles. The van der Waals surface area contributed by atoms with Gasteiger partial charge >= 0.3 is 0 Å². The normalized spacial score (nSPS) is 24.4. The molecule has 1 saturated carbocycles. The number of piperidine rings is 1. The van der Waals surface area contributed by atoms with E-state index >= 15 is 0 Å². The van der Waals surface area contributed by atoms with Crippen molar-refractivity contribution in [3.05, 3.63) is 41.7 Å². The van der Waals surface area contributed by atoms with Gasteiger partial charge in [-0.1, -0.05) is 42.7 Å². The van der Waals surface area contributed by atoms with E-state index < -0.39 is 0 Å². The van der Waals surface area contributed by atoms with Crippen molar-refractivity contribution in [1.29, 1.82) is 5.26 Å². The van der Waals surface area contributed by atoms with Gasteiger partial charge in [0.25, 0.3) is 0 Å². The minimum Gasteiger partial charge on any atom is -0.356 e. The molecular formula is C22H25BN6. The van der Waals surface area contributed by atoms with E-state index in [1.807, 2.05) is 4.90 Å². The number of likely N-dealkylation sites (tertiary alicyclic amines) is 1. The predicted molar refractivity (Wildman–Crippen MR) is 113 cm³/mol. The molecule has 2 radical (unpaired) electrons. The molecule has 3 unspecified atom stereocenters. The summed E-state index contributed by atoms with van der Waals surface area (Å²) in [5, 5.41) is 19.1. The summed E-state index contributed by atoms with van der Waals surface area (Å²) in [6.45, 7) is 1.60.